The van der Waals surface area contributed by atoms with Crippen LogP contribution in [-0.4, -0.2) is 25.7 Å². The number of rotatable bonds is 3. The first-order valence-corrected chi connectivity index (χ1v) is 6.05. The Bertz CT molecular complexity index is 795. The number of carboxylic acid groups (broad SMARTS) is 1. The summed E-state index contributed by atoms with van der Waals surface area (Å²) in [5.74, 6) is -0.377. The Balaban J connectivity index is 2.09. The molecule has 0 saturated heterocycles. The maximum Gasteiger partial charge on any atom is 0.341 e. The third-order valence-electron chi connectivity index (χ3n) is 3.04. The van der Waals surface area contributed by atoms with Crippen molar-refractivity contribution >= 4 is 23.1 Å². The summed E-state index contributed by atoms with van der Waals surface area (Å²) in [6.45, 7) is 1.99. The summed E-state index contributed by atoms with van der Waals surface area (Å²) in [4.78, 5) is 15.2. The van der Waals surface area contributed by atoms with Crippen molar-refractivity contribution in [1.29, 1.82) is 0 Å². The monoisotopic (exact) mass is 268 g/mol. The van der Waals surface area contributed by atoms with Crippen LogP contribution in [0, 0.1) is 6.92 Å². The van der Waals surface area contributed by atoms with Crippen LogP contribution in [0.5, 0.6) is 0 Å². The lowest BCUT2D eigenvalue weighted by molar-refractivity contribution is 0.0699. The van der Waals surface area contributed by atoms with Crippen LogP contribution < -0.4 is 5.32 Å². The zero-order chi connectivity index (χ0) is 14.1. The lowest BCUT2D eigenvalue weighted by Gasteiger charge is -2.10. The summed E-state index contributed by atoms with van der Waals surface area (Å²) in [5, 5.41) is 16.4. The number of anilines is 2. The molecule has 6 heteroatoms. The fourth-order valence-corrected chi connectivity index (χ4v) is 1.99. The molecular weight excluding hydrogens is 256 g/mol. The van der Waals surface area contributed by atoms with Crippen LogP contribution in [0.15, 0.2) is 42.7 Å². The van der Waals surface area contributed by atoms with Crippen molar-refractivity contribution in [1.82, 2.24) is 14.6 Å². The first-order valence-electron chi connectivity index (χ1n) is 6.05. The van der Waals surface area contributed by atoms with Gasteiger partial charge in [-0.3, -0.25) is 0 Å². The first-order chi connectivity index (χ1) is 9.66. The Kier molecular flexibility index (Phi) is 2.83. The van der Waals surface area contributed by atoms with Crippen molar-refractivity contribution in [2.24, 2.45) is 0 Å². The van der Waals surface area contributed by atoms with Gasteiger partial charge in [-0.15, -0.1) is 0 Å². The first kappa shape index (κ1) is 12.2. The predicted molar refractivity (Wildman–Crippen MR) is 74.4 cm³/mol. The van der Waals surface area contributed by atoms with Gasteiger partial charge in [0.2, 0.25) is 0 Å². The Morgan fingerprint density at radius 3 is 2.85 bits per heavy atom. The molecule has 0 bridgehead atoms. The third-order valence-corrected chi connectivity index (χ3v) is 3.04. The van der Waals surface area contributed by atoms with Crippen molar-refractivity contribution in [2.75, 3.05) is 5.32 Å². The van der Waals surface area contributed by atoms with E-state index in [9.17, 15) is 4.79 Å². The van der Waals surface area contributed by atoms with Gasteiger partial charge >= 0.3 is 5.97 Å². The van der Waals surface area contributed by atoms with Crippen LogP contribution in [0.4, 0.5) is 11.5 Å². The quantitative estimate of drug-likeness (QED) is 0.762. The number of carboxylic acids is 1. The summed E-state index contributed by atoms with van der Waals surface area (Å²) in [6, 6.07) is 9.58. The Morgan fingerprint density at radius 1 is 1.30 bits per heavy atom. The molecule has 0 aliphatic rings. The molecular formula is C14H12N4O2. The summed E-state index contributed by atoms with van der Waals surface area (Å²) in [7, 11) is 0. The number of carbonyl (C=O) groups is 1. The van der Waals surface area contributed by atoms with E-state index in [2.05, 4.69) is 15.4 Å². The van der Waals surface area contributed by atoms with Crippen molar-refractivity contribution in [3.05, 3.63) is 53.9 Å². The number of benzene rings is 1. The molecule has 0 unspecified atom stereocenters. The van der Waals surface area contributed by atoms with Gasteiger partial charge in [-0.1, -0.05) is 18.2 Å². The number of hydrogen-bond acceptors (Lipinski definition) is 4. The van der Waals surface area contributed by atoms with Crippen molar-refractivity contribution < 1.29 is 9.90 Å². The highest BCUT2D eigenvalue weighted by Gasteiger charge is 2.14. The zero-order valence-electron chi connectivity index (χ0n) is 10.7. The third kappa shape index (κ3) is 1.97. The highest BCUT2D eigenvalue weighted by atomic mass is 16.4. The number of fused-ring (bicyclic) bond motifs is 1. The maximum absolute atomic E-state index is 11.1. The topological polar surface area (TPSA) is 79.5 Å². The van der Waals surface area contributed by atoms with E-state index in [0.29, 0.717) is 11.5 Å². The van der Waals surface area contributed by atoms with E-state index in [-0.39, 0.29) is 5.56 Å². The van der Waals surface area contributed by atoms with Crippen LogP contribution in [-0.2, 0) is 0 Å². The van der Waals surface area contributed by atoms with Gasteiger partial charge in [0, 0.05) is 11.9 Å². The number of para-hydroxylation sites is 1. The molecule has 0 atom stereocenters. The summed E-state index contributed by atoms with van der Waals surface area (Å²) in [5.41, 5.74) is 2.42. The lowest BCUT2D eigenvalue weighted by atomic mass is 10.2. The molecule has 1 aromatic carbocycles. The molecule has 6 nitrogen and oxygen atoms in total. The number of aryl methyl sites for hydroxylation is 1. The van der Waals surface area contributed by atoms with E-state index in [4.69, 9.17) is 5.11 Å². The average Bonchev–Trinajstić information content (AvgIpc) is 2.86. The van der Waals surface area contributed by atoms with E-state index < -0.39 is 5.97 Å². The second kappa shape index (κ2) is 4.65. The van der Waals surface area contributed by atoms with Gasteiger partial charge in [-0.05, 0) is 24.6 Å². The SMILES string of the molecule is Cc1ccccc1Nc1ccnc2c(C(=O)O)cnn12. The van der Waals surface area contributed by atoms with Crippen molar-refractivity contribution in [3.63, 3.8) is 0 Å². The number of hydrogen-bond donors (Lipinski definition) is 2. The number of aromatic nitrogens is 3. The number of nitrogens with zero attached hydrogens (tertiary/aromatic N) is 3. The van der Waals surface area contributed by atoms with Gasteiger partial charge in [-0.25, -0.2) is 9.78 Å². The minimum absolute atomic E-state index is 0.0819. The fourth-order valence-electron chi connectivity index (χ4n) is 1.99. The second-order valence-electron chi connectivity index (χ2n) is 4.37. The smallest absolute Gasteiger partial charge is 0.341 e. The van der Waals surface area contributed by atoms with Crippen molar-refractivity contribution in [2.45, 2.75) is 6.92 Å². The Hall–Kier alpha value is -2.89. The van der Waals surface area contributed by atoms with Gasteiger partial charge in [0.1, 0.15) is 11.4 Å². The van der Waals surface area contributed by atoms with Crippen LogP contribution in [0.3, 0.4) is 0 Å². The standard InChI is InChI=1S/C14H12N4O2/c1-9-4-2-3-5-11(9)17-12-6-7-15-13-10(14(19)20)8-16-18(12)13/h2-8,17H,1H3,(H,19,20). The average molecular weight is 268 g/mol. The van der Waals surface area contributed by atoms with Crippen LogP contribution >= 0.6 is 0 Å². The van der Waals surface area contributed by atoms with E-state index in [1.807, 2.05) is 31.2 Å². The Labute approximate surface area is 114 Å². The molecule has 0 radical (unpaired) electrons. The fraction of sp³-hybridized carbons (Fsp3) is 0.0714. The largest absolute Gasteiger partial charge is 0.477 e. The normalized spacial score (nSPS) is 10.7. The van der Waals surface area contributed by atoms with Crippen LogP contribution in [0.1, 0.15) is 15.9 Å². The molecule has 0 fully saturated rings. The number of aromatic carboxylic acids is 1. The van der Waals surface area contributed by atoms with Crippen LogP contribution in [0.2, 0.25) is 0 Å². The van der Waals surface area contributed by atoms with Crippen molar-refractivity contribution in [3.8, 4) is 0 Å². The molecule has 3 rings (SSSR count). The summed E-state index contributed by atoms with van der Waals surface area (Å²) in [6.07, 6.45) is 2.86. The Morgan fingerprint density at radius 2 is 2.10 bits per heavy atom. The second-order valence-corrected chi connectivity index (χ2v) is 4.37. The molecule has 2 heterocycles. The van der Waals surface area contributed by atoms with Gasteiger partial charge in [0.25, 0.3) is 0 Å². The van der Waals surface area contributed by atoms with E-state index >= 15 is 0 Å². The van der Waals surface area contributed by atoms with Gasteiger partial charge in [0.15, 0.2) is 5.65 Å². The van der Waals surface area contributed by atoms with Gasteiger partial charge in [-0.2, -0.15) is 9.61 Å². The molecule has 20 heavy (non-hydrogen) atoms. The van der Waals surface area contributed by atoms with E-state index in [1.165, 1.54) is 10.7 Å². The highest BCUT2D eigenvalue weighted by Crippen LogP contribution is 2.21. The maximum atomic E-state index is 11.1. The minimum Gasteiger partial charge on any atom is -0.477 e. The van der Waals surface area contributed by atoms with Gasteiger partial charge in [0.05, 0.1) is 6.20 Å². The zero-order valence-corrected chi connectivity index (χ0v) is 10.7. The predicted octanol–water partition coefficient (Wildman–Crippen LogP) is 2.48. The summed E-state index contributed by atoms with van der Waals surface area (Å²) < 4.78 is 1.48. The van der Waals surface area contributed by atoms with E-state index in [0.717, 1.165) is 11.3 Å². The van der Waals surface area contributed by atoms with Gasteiger partial charge < -0.3 is 10.4 Å². The van der Waals surface area contributed by atoms with Crippen LogP contribution in [0.25, 0.3) is 5.65 Å². The summed E-state index contributed by atoms with van der Waals surface area (Å²) >= 11 is 0. The molecule has 2 N–H and O–H groups in total. The molecule has 0 amide bonds. The molecule has 3 aromatic rings. The molecule has 0 aliphatic carbocycles. The molecule has 0 saturated carbocycles. The molecule has 0 spiro atoms. The highest BCUT2D eigenvalue weighted by molar-refractivity contribution is 5.94. The minimum atomic E-state index is -1.04. The molecule has 2 aromatic heterocycles. The lowest BCUT2D eigenvalue weighted by Crippen LogP contribution is -2.03. The number of nitrogens with one attached hydrogen (secondary N) is 1. The molecule has 100 valence electrons. The van der Waals surface area contributed by atoms with E-state index in [1.54, 1.807) is 12.3 Å². The molecule has 0 aliphatic heterocycles.